The number of alkyl halides is 1. The number of esters is 1. The van der Waals surface area contributed by atoms with E-state index in [4.69, 9.17) is 21.1 Å². The molecule has 0 aromatic carbocycles. The second kappa shape index (κ2) is 14.1. The maximum absolute atomic E-state index is 13.2. The van der Waals surface area contributed by atoms with Crippen LogP contribution in [0.3, 0.4) is 0 Å². The first-order chi connectivity index (χ1) is 15.0. The molecule has 8 heteroatoms. The van der Waals surface area contributed by atoms with Crippen LogP contribution >= 0.6 is 11.6 Å². The zero-order valence-corrected chi connectivity index (χ0v) is 21.7. The quantitative estimate of drug-likeness (QED) is 0.253. The molecule has 32 heavy (non-hydrogen) atoms. The molecule has 0 saturated carbocycles. The van der Waals surface area contributed by atoms with E-state index in [1.54, 1.807) is 21.0 Å². The molecule has 1 fully saturated rings. The highest BCUT2D eigenvalue weighted by atomic mass is 35.5. The van der Waals surface area contributed by atoms with E-state index >= 15 is 0 Å². The molecule has 1 heterocycles. The summed E-state index contributed by atoms with van der Waals surface area (Å²) in [4.78, 5) is 13.2. The molecule has 0 aliphatic carbocycles. The van der Waals surface area contributed by atoms with Crippen molar-refractivity contribution < 1.29 is 24.5 Å². The number of rotatable bonds is 7. The fraction of sp³-hybridized carbons (Fsp3) is 0.958. The van der Waals surface area contributed by atoms with Gasteiger partial charge >= 0.3 is 5.97 Å². The van der Waals surface area contributed by atoms with Gasteiger partial charge in [-0.3, -0.25) is 4.79 Å². The van der Waals surface area contributed by atoms with Gasteiger partial charge in [0.25, 0.3) is 0 Å². The van der Waals surface area contributed by atoms with Crippen LogP contribution in [0.25, 0.3) is 0 Å². The summed E-state index contributed by atoms with van der Waals surface area (Å²) in [6, 6.07) is 0. The fourth-order valence-electron chi connectivity index (χ4n) is 4.88. The van der Waals surface area contributed by atoms with Crippen LogP contribution in [0.4, 0.5) is 0 Å². The molecule has 0 aromatic heterocycles. The monoisotopic (exact) mass is 478 g/mol. The number of methoxy groups -OCH3 is 1. The summed E-state index contributed by atoms with van der Waals surface area (Å²) in [5.41, 5.74) is -2.47. The highest BCUT2D eigenvalue weighted by molar-refractivity contribution is 6.18. The van der Waals surface area contributed by atoms with Crippen molar-refractivity contribution in [2.75, 3.05) is 45.8 Å². The van der Waals surface area contributed by atoms with E-state index < -0.39 is 29.2 Å². The zero-order chi connectivity index (χ0) is 24.4. The first kappa shape index (κ1) is 29.6. The summed E-state index contributed by atoms with van der Waals surface area (Å²) >= 11 is 5.82. The molecular weight excluding hydrogens is 432 g/mol. The molecule has 0 amide bonds. The van der Waals surface area contributed by atoms with Crippen molar-refractivity contribution in [2.45, 2.75) is 77.6 Å². The molecule has 1 rings (SSSR count). The van der Waals surface area contributed by atoms with Gasteiger partial charge in [-0.15, -0.1) is 11.6 Å². The lowest BCUT2D eigenvalue weighted by atomic mass is 9.73. The van der Waals surface area contributed by atoms with Gasteiger partial charge in [0.15, 0.2) is 0 Å². The molecular formula is C24H47ClN2O5. The number of aliphatic hydroxyl groups is 2. The molecule has 7 atom stereocenters. The molecule has 1 aliphatic rings. The molecule has 0 radical (unpaired) electrons. The van der Waals surface area contributed by atoms with Crippen molar-refractivity contribution >= 4 is 17.6 Å². The number of hydrogen-bond donors (Lipinski definition) is 4. The molecule has 4 N–H and O–H groups in total. The van der Waals surface area contributed by atoms with Crippen LogP contribution in [0, 0.1) is 23.7 Å². The smallest absolute Gasteiger partial charge is 0.312 e. The number of hydrogen-bond acceptors (Lipinski definition) is 7. The number of cyclic esters (lactones) is 1. The third kappa shape index (κ3) is 8.73. The van der Waals surface area contributed by atoms with Crippen LogP contribution in [0.2, 0.25) is 0 Å². The average molecular weight is 479 g/mol. The van der Waals surface area contributed by atoms with E-state index in [-0.39, 0.29) is 18.4 Å². The molecule has 1 saturated heterocycles. The molecule has 0 aromatic rings. The summed E-state index contributed by atoms with van der Waals surface area (Å²) in [5.74, 6) is -0.351. The Kier molecular flexibility index (Phi) is 13.0. The maximum atomic E-state index is 13.2. The normalized spacial score (nSPS) is 38.5. The van der Waals surface area contributed by atoms with E-state index in [1.807, 2.05) is 13.8 Å². The van der Waals surface area contributed by atoms with Crippen molar-refractivity contribution in [3.63, 3.8) is 0 Å². The molecule has 1 unspecified atom stereocenters. The van der Waals surface area contributed by atoms with Gasteiger partial charge in [-0.25, -0.2) is 0 Å². The summed E-state index contributed by atoms with van der Waals surface area (Å²) in [7, 11) is 1.70. The van der Waals surface area contributed by atoms with Gasteiger partial charge in [0.05, 0.1) is 17.1 Å². The first-order valence-electron chi connectivity index (χ1n) is 12.1. The fourth-order valence-corrected chi connectivity index (χ4v) is 5.01. The first-order valence-corrected chi connectivity index (χ1v) is 12.7. The van der Waals surface area contributed by atoms with E-state index in [2.05, 4.69) is 17.6 Å². The summed E-state index contributed by atoms with van der Waals surface area (Å²) in [6.45, 7) is 12.4. The van der Waals surface area contributed by atoms with Gasteiger partial charge in [0, 0.05) is 32.7 Å². The van der Waals surface area contributed by atoms with Gasteiger partial charge in [0.2, 0.25) is 0 Å². The Morgan fingerprint density at radius 1 is 1.28 bits per heavy atom. The van der Waals surface area contributed by atoms with Crippen molar-refractivity contribution in [2.24, 2.45) is 23.7 Å². The Morgan fingerprint density at radius 2 is 1.97 bits per heavy atom. The minimum Gasteiger partial charge on any atom is -0.459 e. The predicted octanol–water partition coefficient (Wildman–Crippen LogP) is 2.56. The minimum absolute atomic E-state index is 0.182. The number of halogens is 1. The standard InChI is InChI=1S/C24H47ClN2O5/c1-7-21-23(5,29)8-10-26-14-17(2)12-20(15-31-6)13-18(3)24(30,16-27-11-9-25)19(4)22(28)32-21/h17-21,26-27,29-30H,7-16H2,1-6H3/t17-,18-,19?,20+,21-,23+,24-/m1/s1. The van der Waals surface area contributed by atoms with E-state index in [0.717, 1.165) is 19.4 Å². The third-order valence-corrected chi connectivity index (χ3v) is 7.27. The van der Waals surface area contributed by atoms with Crippen LogP contribution in [0.1, 0.15) is 60.3 Å². The number of ether oxygens (including phenoxy) is 2. The van der Waals surface area contributed by atoms with Crippen molar-refractivity contribution in [1.82, 2.24) is 10.6 Å². The maximum Gasteiger partial charge on any atom is 0.312 e. The highest BCUT2D eigenvalue weighted by Crippen LogP contribution is 2.34. The largest absolute Gasteiger partial charge is 0.459 e. The van der Waals surface area contributed by atoms with Crippen LogP contribution in [-0.4, -0.2) is 79.3 Å². The SMILES string of the molecule is CC[C@H]1OC(=O)C(C)[C@@](O)(CNCCCl)[C@H](C)C[C@@H](COC)C[C@@H](C)CNCC[C@]1(C)O. The zero-order valence-electron chi connectivity index (χ0n) is 21.0. The van der Waals surface area contributed by atoms with Crippen LogP contribution in [0.5, 0.6) is 0 Å². The van der Waals surface area contributed by atoms with Gasteiger partial charge in [-0.1, -0.05) is 20.8 Å². The van der Waals surface area contributed by atoms with Crippen LogP contribution < -0.4 is 10.6 Å². The Labute approximate surface area is 200 Å². The van der Waals surface area contributed by atoms with E-state index in [1.165, 1.54) is 0 Å². The summed E-state index contributed by atoms with van der Waals surface area (Å²) < 4.78 is 11.3. The van der Waals surface area contributed by atoms with E-state index in [9.17, 15) is 15.0 Å². The highest BCUT2D eigenvalue weighted by Gasteiger charge is 2.46. The van der Waals surface area contributed by atoms with Crippen LogP contribution in [0.15, 0.2) is 0 Å². The lowest BCUT2D eigenvalue weighted by molar-refractivity contribution is -0.181. The Bertz CT molecular complexity index is 550. The Balaban J connectivity index is 3.25. The van der Waals surface area contributed by atoms with Crippen LogP contribution in [-0.2, 0) is 14.3 Å². The lowest BCUT2D eigenvalue weighted by Gasteiger charge is -2.41. The van der Waals surface area contributed by atoms with Gasteiger partial charge in [-0.2, -0.15) is 0 Å². The molecule has 7 nitrogen and oxygen atoms in total. The molecule has 0 spiro atoms. The number of carbonyl (C=O) groups excluding carboxylic acids is 1. The Hall–Kier alpha value is -0.440. The lowest BCUT2D eigenvalue weighted by Crippen LogP contribution is -2.55. The van der Waals surface area contributed by atoms with E-state index in [0.29, 0.717) is 44.3 Å². The van der Waals surface area contributed by atoms with Gasteiger partial charge in [0.1, 0.15) is 6.10 Å². The molecule has 1 aliphatic heterocycles. The summed E-state index contributed by atoms with van der Waals surface area (Å²) in [6.07, 6.45) is 2.00. The van der Waals surface area contributed by atoms with Crippen molar-refractivity contribution in [1.29, 1.82) is 0 Å². The number of carbonyl (C=O) groups is 1. The van der Waals surface area contributed by atoms with Crippen molar-refractivity contribution in [3.05, 3.63) is 0 Å². The molecule has 190 valence electrons. The second-order valence-corrected chi connectivity index (χ2v) is 10.4. The van der Waals surface area contributed by atoms with Gasteiger partial charge < -0.3 is 30.3 Å². The topological polar surface area (TPSA) is 100 Å². The van der Waals surface area contributed by atoms with Gasteiger partial charge in [-0.05, 0) is 70.4 Å². The third-order valence-electron chi connectivity index (χ3n) is 7.08. The average Bonchev–Trinajstić information content (AvgIpc) is 2.73. The molecule has 0 bridgehead atoms. The Morgan fingerprint density at radius 3 is 2.56 bits per heavy atom. The number of nitrogens with one attached hydrogen (secondary N) is 2. The predicted molar refractivity (Wildman–Crippen MR) is 129 cm³/mol. The second-order valence-electron chi connectivity index (χ2n) is 10.0. The minimum atomic E-state index is -1.32. The van der Waals surface area contributed by atoms with Crippen molar-refractivity contribution in [3.8, 4) is 0 Å². The summed E-state index contributed by atoms with van der Waals surface area (Å²) in [5, 5.41) is 29.4.